The zero-order valence-electron chi connectivity index (χ0n) is 10.4. The average molecular weight is 229 g/mol. The summed E-state index contributed by atoms with van der Waals surface area (Å²) < 4.78 is 1.86. The first kappa shape index (κ1) is 11.7. The van der Waals surface area contributed by atoms with Crippen molar-refractivity contribution in [2.24, 2.45) is 5.92 Å². The van der Waals surface area contributed by atoms with Gasteiger partial charge in [0.15, 0.2) is 0 Å². The Kier molecular flexibility index (Phi) is 3.47. The van der Waals surface area contributed by atoms with E-state index in [2.05, 4.69) is 43.2 Å². The molecule has 0 amide bonds. The van der Waals surface area contributed by atoms with Crippen LogP contribution in [0.25, 0.3) is 0 Å². The minimum atomic E-state index is 0.573. The monoisotopic (exact) mass is 229 g/mol. The zero-order valence-corrected chi connectivity index (χ0v) is 10.4. The fourth-order valence-electron chi connectivity index (χ4n) is 1.98. The SMILES string of the molecule is CC(C)Cc1cccc(Cn2ccc(N)n2)c1. The van der Waals surface area contributed by atoms with Crippen LogP contribution in [0.4, 0.5) is 5.82 Å². The average Bonchev–Trinajstić information content (AvgIpc) is 2.63. The van der Waals surface area contributed by atoms with Crippen LogP contribution in [0.1, 0.15) is 25.0 Å². The van der Waals surface area contributed by atoms with E-state index in [0.29, 0.717) is 11.7 Å². The Morgan fingerprint density at radius 3 is 2.65 bits per heavy atom. The Hall–Kier alpha value is -1.77. The summed E-state index contributed by atoms with van der Waals surface area (Å²) in [5.74, 6) is 1.26. The third-order valence-corrected chi connectivity index (χ3v) is 2.64. The molecular weight excluding hydrogens is 210 g/mol. The lowest BCUT2D eigenvalue weighted by Crippen LogP contribution is -2.02. The molecule has 2 N–H and O–H groups in total. The van der Waals surface area contributed by atoms with E-state index in [1.165, 1.54) is 11.1 Å². The van der Waals surface area contributed by atoms with Gasteiger partial charge in [0, 0.05) is 6.20 Å². The number of hydrogen-bond acceptors (Lipinski definition) is 2. The maximum Gasteiger partial charge on any atom is 0.145 e. The standard InChI is InChI=1S/C14H19N3/c1-11(2)8-12-4-3-5-13(9-12)10-17-7-6-14(15)16-17/h3-7,9,11H,8,10H2,1-2H3,(H2,15,16). The first-order chi connectivity index (χ1) is 8.13. The van der Waals surface area contributed by atoms with Crippen LogP contribution in [0.2, 0.25) is 0 Å². The zero-order chi connectivity index (χ0) is 12.3. The maximum atomic E-state index is 5.60. The van der Waals surface area contributed by atoms with Crippen molar-refractivity contribution in [3.63, 3.8) is 0 Å². The summed E-state index contributed by atoms with van der Waals surface area (Å²) in [7, 11) is 0. The van der Waals surface area contributed by atoms with Gasteiger partial charge in [-0.15, -0.1) is 0 Å². The van der Waals surface area contributed by atoms with E-state index in [-0.39, 0.29) is 0 Å². The summed E-state index contributed by atoms with van der Waals surface area (Å²) in [6.45, 7) is 5.25. The lowest BCUT2D eigenvalue weighted by molar-refractivity contribution is 0.644. The van der Waals surface area contributed by atoms with Crippen molar-refractivity contribution in [2.75, 3.05) is 5.73 Å². The molecule has 0 aliphatic carbocycles. The van der Waals surface area contributed by atoms with Crippen molar-refractivity contribution in [1.29, 1.82) is 0 Å². The molecule has 0 aliphatic heterocycles. The molecule has 0 fully saturated rings. The van der Waals surface area contributed by atoms with Gasteiger partial charge in [0.05, 0.1) is 6.54 Å². The number of anilines is 1. The number of benzene rings is 1. The van der Waals surface area contributed by atoms with E-state index >= 15 is 0 Å². The Bertz CT molecular complexity index is 486. The number of rotatable bonds is 4. The van der Waals surface area contributed by atoms with Gasteiger partial charge in [-0.25, -0.2) is 0 Å². The lowest BCUT2D eigenvalue weighted by Gasteiger charge is -2.07. The van der Waals surface area contributed by atoms with Gasteiger partial charge in [0.2, 0.25) is 0 Å². The lowest BCUT2D eigenvalue weighted by atomic mass is 10.0. The molecule has 0 bridgehead atoms. The van der Waals surface area contributed by atoms with Gasteiger partial charge in [-0.2, -0.15) is 5.10 Å². The van der Waals surface area contributed by atoms with Crippen molar-refractivity contribution in [2.45, 2.75) is 26.8 Å². The van der Waals surface area contributed by atoms with E-state index in [0.717, 1.165) is 13.0 Å². The van der Waals surface area contributed by atoms with Crippen LogP contribution in [-0.2, 0) is 13.0 Å². The molecule has 2 rings (SSSR count). The molecule has 0 unspecified atom stereocenters. The first-order valence-corrected chi connectivity index (χ1v) is 6.00. The molecule has 1 aromatic heterocycles. The molecule has 1 heterocycles. The van der Waals surface area contributed by atoms with Gasteiger partial charge in [0.1, 0.15) is 5.82 Å². The summed E-state index contributed by atoms with van der Waals surface area (Å²) >= 11 is 0. The molecule has 0 saturated heterocycles. The van der Waals surface area contributed by atoms with Crippen LogP contribution in [0, 0.1) is 5.92 Å². The van der Waals surface area contributed by atoms with Gasteiger partial charge >= 0.3 is 0 Å². The number of aromatic nitrogens is 2. The van der Waals surface area contributed by atoms with E-state index in [1.807, 2.05) is 16.9 Å². The van der Waals surface area contributed by atoms with Crippen LogP contribution in [0.5, 0.6) is 0 Å². The van der Waals surface area contributed by atoms with Crippen LogP contribution < -0.4 is 5.73 Å². The van der Waals surface area contributed by atoms with Gasteiger partial charge in [-0.05, 0) is 29.5 Å². The van der Waals surface area contributed by atoms with Crippen LogP contribution in [0.15, 0.2) is 36.5 Å². The molecule has 0 atom stereocenters. The first-order valence-electron chi connectivity index (χ1n) is 6.00. The topological polar surface area (TPSA) is 43.8 Å². The van der Waals surface area contributed by atoms with Gasteiger partial charge in [-0.1, -0.05) is 38.1 Å². The van der Waals surface area contributed by atoms with Crippen molar-refractivity contribution in [3.05, 3.63) is 47.7 Å². The summed E-state index contributed by atoms with van der Waals surface area (Å²) in [6, 6.07) is 10.5. The highest BCUT2D eigenvalue weighted by molar-refractivity contribution is 5.26. The predicted octanol–water partition coefficient (Wildman–Crippen LogP) is 2.71. The minimum Gasteiger partial charge on any atom is -0.382 e. The molecule has 17 heavy (non-hydrogen) atoms. The molecule has 0 aliphatic rings. The Morgan fingerprint density at radius 2 is 2.00 bits per heavy atom. The molecular formula is C14H19N3. The van der Waals surface area contributed by atoms with Crippen molar-refractivity contribution in [3.8, 4) is 0 Å². The van der Waals surface area contributed by atoms with Crippen molar-refractivity contribution >= 4 is 5.82 Å². The Morgan fingerprint density at radius 1 is 1.24 bits per heavy atom. The largest absolute Gasteiger partial charge is 0.382 e. The molecule has 3 heteroatoms. The minimum absolute atomic E-state index is 0.573. The molecule has 1 aromatic carbocycles. The van der Waals surface area contributed by atoms with Crippen molar-refractivity contribution in [1.82, 2.24) is 9.78 Å². The van der Waals surface area contributed by atoms with Crippen LogP contribution in [-0.4, -0.2) is 9.78 Å². The van der Waals surface area contributed by atoms with E-state index in [1.54, 1.807) is 0 Å². The predicted molar refractivity (Wildman–Crippen MR) is 70.7 cm³/mol. The van der Waals surface area contributed by atoms with E-state index in [4.69, 9.17) is 5.73 Å². The second kappa shape index (κ2) is 5.04. The summed E-state index contributed by atoms with van der Waals surface area (Å²) in [5.41, 5.74) is 8.25. The van der Waals surface area contributed by atoms with Crippen LogP contribution >= 0.6 is 0 Å². The molecule has 90 valence electrons. The van der Waals surface area contributed by atoms with E-state index in [9.17, 15) is 0 Å². The highest BCUT2D eigenvalue weighted by Gasteiger charge is 2.01. The normalized spacial score (nSPS) is 11.0. The third-order valence-electron chi connectivity index (χ3n) is 2.64. The summed E-state index contributed by atoms with van der Waals surface area (Å²) in [5, 5.41) is 4.19. The molecule has 0 spiro atoms. The second-order valence-corrected chi connectivity index (χ2v) is 4.86. The number of hydrogen-bond donors (Lipinski definition) is 1. The molecule has 0 radical (unpaired) electrons. The molecule has 0 saturated carbocycles. The van der Waals surface area contributed by atoms with Crippen molar-refractivity contribution < 1.29 is 0 Å². The van der Waals surface area contributed by atoms with Gasteiger partial charge < -0.3 is 5.73 Å². The third kappa shape index (κ3) is 3.34. The highest BCUT2D eigenvalue weighted by Crippen LogP contribution is 2.11. The Balaban J connectivity index is 2.10. The van der Waals surface area contributed by atoms with Gasteiger partial charge in [-0.3, -0.25) is 4.68 Å². The fraction of sp³-hybridized carbons (Fsp3) is 0.357. The van der Waals surface area contributed by atoms with Crippen LogP contribution in [0.3, 0.4) is 0 Å². The number of nitrogens with zero attached hydrogens (tertiary/aromatic N) is 2. The number of nitrogen functional groups attached to an aromatic ring is 1. The highest BCUT2D eigenvalue weighted by atomic mass is 15.3. The van der Waals surface area contributed by atoms with E-state index < -0.39 is 0 Å². The quantitative estimate of drug-likeness (QED) is 0.876. The summed E-state index contributed by atoms with van der Waals surface area (Å²) in [4.78, 5) is 0. The molecule has 3 nitrogen and oxygen atoms in total. The summed E-state index contributed by atoms with van der Waals surface area (Å²) in [6.07, 6.45) is 3.03. The number of nitrogens with two attached hydrogens (primary N) is 1. The second-order valence-electron chi connectivity index (χ2n) is 4.86. The molecule has 2 aromatic rings. The fourth-order valence-corrected chi connectivity index (χ4v) is 1.98. The van der Waals surface area contributed by atoms with Gasteiger partial charge in [0.25, 0.3) is 0 Å². The maximum absolute atomic E-state index is 5.60. The smallest absolute Gasteiger partial charge is 0.145 e. The Labute approximate surface area is 102 Å².